The summed E-state index contributed by atoms with van der Waals surface area (Å²) in [6.45, 7) is 3.81. The molecular weight excluding hydrogens is 310 g/mol. The van der Waals surface area contributed by atoms with Crippen molar-refractivity contribution in [2.75, 3.05) is 0 Å². The molecule has 3 aromatic rings. The van der Waals surface area contributed by atoms with Gasteiger partial charge in [-0.05, 0) is 26.0 Å². The number of nitrogens with zero attached hydrogens (tertiary/aromatic N) is 3. The molecule has 7 heteroatoms. The van der Waals surface area contributed by atoms with Crippen LogP contribution < -0.4 is 5.32 Å². The Hall–Kier alpha value is -2.54. The average Bonchev–Trinajstić information content (AvgIpc) is 3.19. The number of pyridine rings is 1. The molecule has 2 N–H and O–H groups in total. The van der Waals surface area contributed by atoms with Crippen LogP contribution in [-0.4, -0.2) is 25.8 Å². The highest BCUT2D eigenvalue weighted by Crippen LogP contribution is 2.22. The van der Waals surface area contributed by atoms with Gasteiger partial charge in [0.05, 0.1) is 23.3 Å². The van der Waals surface area contributed by atoms with Crippen molar-refractivity contribution in [3.8, 4) is 10.7 Å². The van der Waals surface area contributed by atoms with Gasteiger partial charge in [-0.15, -0.1) is 11.3 Å². The summed E-state index contributed by atoms with van der Waals surface area (Å²) >= 11 is 1.49. The minimum absolute atomic E-state index is 0.0933. The number of rotatable bonds is 5. The number of H-pyrrole nitrogens is 1. The van der Waals surface area contributed by atoms with Crippen LogP contribution in [-0.2, 0) is 16.8 Å². The number of hydrogen-bond donors (Lipinski definition) is 2. The zero-order valence-electron chi connectivity index (χ0n) is 12.9. The fraction of sp³-hybridized carbons (Fsp3) is 0.250. The van der Waals surface area contributed by atoms with E-state index >= 15 is 0 Å². The zero-order valence-corrected chi connectivity index (χ0v) is 13.7. The first-order chi connectivity index (χ1) is 11.0. The van der Waals surface area contributed by atoms with E-state index in [9.17, 15) is 4.79 Å². The molecule has 1 amide bonds. The molecule has 3 aromatic heterocycles. The maximum Gasteiger partial charge on any atom is 0.226 e. The molecule has 118 valence electrons. The van der Waals surface area contributed by atoms with Crippen molar-refractivity contribution in [2.45, 2.75) is 25.8 Å². The predicted molar refractivity (Wildman–Crippen MR) is 88.8 cm³/mol. The van der Waals surface area contributed by atoms with Crippen LogP contribution >= 0.6 is 11.3 Å². The number of nitrogens with one attached hydrogen (secondary N) is 2. The van der Waals surface area contributed by atoms with Crippen LogP contribution in [0.5, 0.6) is 0 Å². The molecule has 0 aromatic carbocycles. The Morgan fingerprint density at radius 2 is 2.17 bits per heavy atom. The molecule has 0 atom stereocenters. The van der Waals surface area contributed by atoms with Crippen LogP contribution in [0.2, 0.25) is 0 Å². The third kappa shape index (κ3) is 3.62. The molecule has 0 bridgehead atoms. The zero-order chi connectivity index (χ0) is 16.3. The Balaban J connectivity index is 1.66. The normalized spacial score (nSPS) is 11.4. The molecule has 0 aliphatic carbocycles. The van der Waals surface area contributed by atoms with Gasteiger partial charge in [-0.2, -0.15) is 0 Å². The molecule has 0 fully saturated rings. The monoisotopic (exact) mass is 327 g/mol. The van der Waals surface area contributed by atoms with Crippen molar-refractivity contribution in [1.82, 2.24) is 25.3 Å². The van der Waals surface area contributed by atoms with E-state index in [-0.39, 0.29) is 12.3 Å². The number of amides is 1. The van der Waals surface area contributed by atoms with Gasteiger partial charge in [-0.3, -0.25) is 9.78 Å². The fourth-order valence-corrected chi connectivity index (χ4v) is 3.01. The Morgan fingerprint density at radius 3 is 2.87 bits per heavy atom. The molecule has 0 aliphatic heterocycles. The highest BCUT2D eigenvalue weighted by molar-refractivity contribution is 7.13. The van der Waals surface area contributed by atoms with Gasteiger partial charge in [0.2, 0.25) is 5.91 Å². The van der Waals surface area contributed by atoms with Crippen LogP contribution in [0.3, 0.4) is 0 Å². The van der Waals surface area contributed by atoms with Crippen LogP contribution in [0.4, 0.5) is 0 Å². The lowest BCUT2D eigenvalue weighted by molar-refractivity contribution is -0.122. The van der Waals surface area contributed by atoms with Crippen molar-refractivity contribution in [1.29, 1.82) is 0 Å². The lowest BCUT2D eigenvalue weighted by Crippen LogP contribution is -2.42. The summed E-state index contributed by atoms with van der Waals surface area (Å²) in [4.78, 5) is 28.2. The van der Waals surface area contributed by atoms with Crippen LogP contribution in [0.25, 0.3) is 10.7 Å². The van der Waals surface area contributed by atoms with Gasteiger partial charge >= 0.3 is 0 Å². The molecule has 0 radical (unpaired) electrons. The summed E-state index contributed by atoms with van der Waals surface area (Å²) in [6, 6.07) is 5.69. The summed E-state index contributed by atoms with van der Waals surface area (Å²) in [6.07, 6.45) is 5.37. The SMILES string of the molecule is CC(C)(NC(=O)Cc1csc(-c2ccccn2)n1)c1ncc[nH]1. The first-order valence-corrected chi connectivity index (χ1v) is 8.09. The van der Waals surface area contributed by atoms with E-state index in [4.69, 9.17) is 0 Å². The number of carbonyl (C=O) groups excluding carboxylic acids is 1. The highest BCUT2D eigenvalue weighted by atomic mass is 32.1. The summed E-state index contributed by atoms with van der Waals surface area (Å²) in [5.41, 5.74) is 1.00. The maximum absolute atomic E-state index is 12.3. The van der Waals surface area contributed by atoms with Crippen LogP contribution in [0.1, 0.15) is 25.4 Å². The molecular formula is C16H17N5OS. The summed E-state index contributed by atoms with van der Waals surface area (Å²) < 4.78 is 0. The van der Waals surface area contributed by atoms with E-state index in [1.54, 1.807) is 18.6 Å². The van der Waals surface area contributed by atoms with E-state index in [1.807, 2.05) is 37.4 Å². The number of aromatic amines is 1. The van der Waals surface area contributed by atoms with E-state index in [0.717, 1.165) is 22.2 Å². The maximum atomic E-state index is 12.3. The van der Waals surface area contributed by atoms with E-state index in [0.29, 0.717) is 0 Å². The number of carbonyl (C=O) groups is 1. The molecule has 0 aliphatic rings. The lowest BCUT2D eigenvalue weighted by Gasteiger charge is -2.23. The van der Waals surface area contributed by atoms with Gasteiger partial charge in [0.25, 0.3) is 0 Å². The van der Waals surface area contributed by atoms with Crippen LogP contribution in [0.15, 0.2) is 42.2 Å². The molecule has 0 spiro atoms. The number of thiazole rings is 1. The summed E-state index contributed by atoms with van der Waals surface area (Å²) in [5, 5.41) is 5.68. The number of hydrogen-bond acceptors (Lipinski definition) is 5. The second-order valence-corrected chi connectivity index (χ2v) is 6.50. The molecule has 23 heavy (non-hydrogen) atoms. The molecule has 6 nitrogen and oxygen atoms in total. The molecule has 0 unspecified atom stereocenters. The third-order valence-electron chi connectivity index (χ3n) is 3.32. The molecule has 0 saturated heterocycles. The predicted octanol–water partition coefficient (Wildman–Crippen LogP) is 2.52. The van der Waals surface area contributed by atoms with Gasteiger partial charge < -0.3 is 10.3 Å². The second kappa shape index (κ2) is 6.29. The highest BCUT2D eigenvalue weighted by Gasteiger charge is 2.25. The minimum atomic E-state index is -0.555. The third-order valence-corrected chi connectivity index (χ3v) is 4.23. The Bertz CT molecular complexity index is 780. The largest absolute Gasteiger partial charge is 0.347 e. The first-order valence-electron chi connectivity index (χ1n) is 7.21. The van der Waals surface area contributed by atoms with Crippen molar-refractivity contribution < 1.29 is 4.79 Å². The first kappa shape index (κ1) is 15.4. The van der Waals surface area contributed by atoms with Crippen molar-refractivity contribution in [3.05, 3.63) is 53.7 Å². The standard InChI is InChI=1S/C16H17N5OS/c1-16(2,15-18-7-8-19-15)21-13(22)9-11-10-23-14(20-11)12-5-3-4-6-17-12/h3-8,10H,9H2,1-2H3,(H,18,19)(H,21,22). The summed E-state index contributed by atoms with van der Waals surface area (Å²) in [7, 11) is 0. The number of imidazole rings is 1. The Morgan fingerprint density at radius 1 is 1.30 bits per heavy atom. The number of aromatic nitrogens is 4. The Labute approximate surface area is 138 Å². The smallest absolute Gasteiger partial charge is 0.226 e. The van der Waals surface area contributed by atoms with Crippen LogP contribution in [0, 0.1) is 0 Å². The van der Waals surface area contributed by atoms with E-state index in [2.05, 4.69) is 25.3 Å². The fourth-order valence-electron chi connectivity index (χ4n) is 2.22. The van der Waals surface area contributed by atoms with Crippen molar-refractivity contribution in [3.63, 3.8) is 0 Å². The second-order valence-electron chi connectivity index (χ2n) is 5.65. The van der Waals surface area contributed by atoms with E-state index < -0.39 is 5.54 Å². The molecule has 0 saturated carbocycles. The van der Waals surface area contributed by atoms with E-state index in [1.165, 1.54) is 11.3 Å². The van der Waals surface area contributed by atoms with Gasteiger partial charge in [-0.1, -0.05) is 6.07 Å². The topological polar surface area (TPSA) is 83.6 Å². The lowest BCUT2D eigenvalue weighted by atomic mass is 10.0. The van der Waals surface area contributed by atoms with Gasteiger partial charge in [0.15, 0.2) is 0 Å². The molecule has 3 rings (SSSR count). The van der Waals surface area contributed by atoms with Gasteiger partial charge in [0.1, 0.15) is 10.8 Å². The molecule has 3 heterocycles. The van der Waals surface area contributed by atoms with Gasteiger partial charge in [0, 0.05) is 24.0 Å². The summed E-state index contributed by atoms with van der Waals surface area (Å²) in [5.74, 6) is 0.627. The average molecular weight is 327 g/mol. The van der Waals surface area contributed by atoms with Crippen molar-refractivity contribution in [2.24, 2.45) is 0 Å². The van der Waals surface area contributed by atoms with Gasteiger partial charge in [-0.25, -0.2) is 9.97 Å². The quantitative estimate of drug-likeness (QED) is 0.754. The Kier molecular flexibility index (Phi) is 4.20. The van der Waals surface area contributed by atoms with Crippen molar-refractivity contribution >= 4 is 17.2 Å². The minimum Gasteiger partial charge on any atom is -0.347 e.